The molecule has 0 aromatic carbocycles. The van der Waals surface area contributed by atoms with Gasteiger partial charge in [0.1, 0.15) is 0 Å². The highest BCUT2D eigenvalue weighted by atomic mass is 15.1. The summed E-state index contributed by atoms with van der Waals surface area (Å²) in [7, 11) is 0. The van der Waals surface area contributed by atoms with Gasteiger partial charge in [0.2, 0.25) is 0 Å². The fourth-order valence-electron chi connectivity index (χ4n) is 3.87. The number of nitrogens with zero attached hydrogens (tertiary/aromatic N) is 1. The Balaban J connectivity index is 1.85. The average molecular weight is 280 g/mol. The van der Waals surface area contributed by atoms with Crippen LogP contribution in [0.4, 0.5) is 0 Å². The number of hydrogen-bond donors (Lipinski definition) is 1. The largest absolute Gasteiger partial charge is 0.314 e. The predicted octanol–water partition coefficient (Wildman–Crippen LogP) is 3.91. The minimum absolute atomic E-state index is 0.782. The molecule has 1 N–H and O–H groups in total. The molecule has 0 radical (unpaired) electrons. The van der Waals surface area contributed by atoms with Crippen LogP contribution in [0.15, 0.2) is 0 Å². The van der Waals surface area contributed by atoms with E-state index in [1.54, 1.807) is 0 Å². The molecule has 0 aromatic heterocycles. The minimum atomic E-state index is 0.782. The van der Waals surface area contributed by atoms with E-state index in [1.165, 1.54) is 71.1 Å². The van der Waals surface area contributed by atoms with Crippen molar-refractivity contribution in [3.8, 4) is 0 Å². The van der Waals surface area contributed by atoms with Gasteiger partial charge in [-0.1, -0.05) is 20.8 Å². The van der Waals surface area contributed by atoms with E-state index in [2.05, 4.69) is 31.0 Å². The fourth-order valence-corrected chi connectivity index (χ4v) is 3.87. The van der Waals surface area contributed by atoms with Gasteiger partial charge in [0, 0.05) is 19.1 Å². The molecule has 0 aliphatic heterocycles. The summed E-state index contributed by atoms with van der Waals surface area (Å²) >= 11 is 0. The summed E-state index contributed by atoms with van der Waals surface area (Å²) in [6.45, 7) is 12.3. The molecule has 0 saturated heterocycles. The minimum Gasteiger partial charge on any atom is -0.314 e. The molecule has 2 aliphatic carbocycles. The zero-order chi connectivity index (χ0) is 14.4. The van der Waals surface area contributed by atoms with E-state index in [0.29, 0.717) is 0 Å². The van der Waals surface area contributed by atoms with Gasteiger partial charge in [-0.25, -0.2) is 0 Å². The van der Waals surface area contributed by atoms with Crippen molar-refractivity contribution in [1.82, 2.24) is 10.2 Å². The van der Waals surface area contributed by atoms with Gasteiger partial charge in [0.25, 0.3) is 0 Å². The molecule has 0 aromatic rings. The van der Waals surface area contributed by atoms with Crippen LogP contribution >= 0.6 is 0 Å². The molecule has 0 bridgehead atoms. The molecule has 0 spiro atoms. The van der Waals surface area contributed by atoms with Gasteiger partial charge < -0.3 is 10.2 Å². The second kappa shape index (κ2) is 8.38. The lowest BCUT2D eigenvalue weighted by Crippen LogP contribution is -2.46. The van der Waals surface area contributed by atoms with E-state index in [-0.39, 0.29) is 0 Å². The van der Waals surface area contributed by atoms with E-state index >= 15 is 0 Å². The molecule has 3 atom stereocenters. The van der Waals surface area contributed by atoms with Crippen molar-refractivity contribution in [3.63, 3.8) is 0 Å². The first kappa shape index (κ1) is 16.3. The zero-order valence-corrected chi connectivity index (χ0v) is 14.0. The van der Waals surface area contributed by atoms with Crippen LogP contribution in [0.5, 0.6) is 0 Å². The number of hydrogen-bond acceptors (Lipinski definition) is 2. The molecule has 0 heterocycles. The van der Waals surface area contributed by atoms with Crippen LogP contribution in [0.1, 0.15) is 65.7 Å². The van der Waals surface area contributed by atoms with Crippen LogP contribution in [0.2, 0.25) is 0 Å². The van der Waals surface area contributed by atoms with Gasteiger partial charge in [-0.15, -0.1) is 0 Å². The molecule has 20 heavy (non-hydrogen) atoms. The van der Waals surface area contributed by atoms with Crippen LogP contribution in [0.25, 0.3) is 0 Å². The van der Waals surface area contributed by atoms with Crippen molar-refractivity contribution in [2.45, 2.75) is 71.8 Å². The first-order valence-electron chi connectivity index (χ1n) is 9.18. The zero-order valence-electron chi connectivity index (χ0n) is 14.0. The molecule has 2 fully saturated rings. The molecule has 2 aliphatic rings. The van der Waals surface area contributed by atoms with E-state index in [0.717, 1.165) is 23.8 Å². The Morgan fingerprint density at radius 1 is 1.00 bits per heavy atom. The maximum absolute atomic E-state index is 3.83. The van der Waals surface area contributed by atoms with Crippen LogP contribution in [-0.2, 0) is 0 Å². The number of rotatable bonds is 9. The summed E-state index contributed by atoms with van der Waals surface area (Å²) in [4.78, 5) is 2.78. The Bertz CT molecular complexity index is 260. The van der Waals surface area contributed by atoms with E-state index in [9.17, 15) is 0 Å². The lowest BCUT2D eigenvalue weighted by Gasteiger charge is -2.38. The Morgan fingerprint density at radius 2 is 1.80 bits per heavy atom. The summed E-state index contributed by atoms with van der Waals surface area (Å²) in [5.41, 5.74) is 0. The van der Waals surface area contributed by atoms with Gasteiger partial charge in [-0.2, -0.15) is 0 Å². The molecule has 3 unspecified atom stereocenters. The van der Waals surface area contributed by atoms with Gasteiger partial charge in [-0.05, 0) is 75.8 Å². The van der Waals surface area contributed by atoms with Gasteiger partial charge in [0.15, 0.2) is 0 Å². The third kappa shape index (κ3) is 5.37. The second-order valence-corrected chi connectivity index (χ2v) is 7.44. The predicted molar refractivity (Wildman–Crippen MR) is 88.0 cm³/mol. The summed E-state index contributed by atoms with van der Waals surface area (Å²) in [5.74, 6) is 2.85. The highest BCUT2D eigenvalue weighted by Gasteiger charge is 2.31. The molecule has 2 heteroatoms. The van der Waals surface area contributed by atoms with E-state index in [1.807, 2.05) is 0 Å². The first-order valence-corrected chi connectivity index (χ1v) is 9.18. The molecule has 0 amide bonds. The smallest absolute Gasteiger partial charge is 0.0108 e. The van der Waals surface area contributed by atoms with Gasteiger partial charge >= 0.3 is 0 Å². The molecular weight excluding hydrogens is 244 g/mol. The molecule has 2 rings (SSSR count). The lowest BCUT2D eigenvalue weighted by atomic mass is 9.78. The third-order valence-electron chi connectivity index (χ3n) is 5.15. The molecular formula is C18H36N2. The summed E-state index contributed by atoms with van der Waals surface area (Å²) < 4.78 is 0. The van der Waals surface area contributed by atoms with Gasteiger partial charge in [-0.3, -0.25) is 0 Å². The monoisotopic (exact) mass is 280 g/mol. The fraction of sp³-hybridized carbons (Fsp3) is 1.00. The van der Waals surface area contributed by atoms with Crippen molar-refractivity contribution < 1.29 is 0 Å². The van der Waals surface area contributed by atoms with Crippen molar-refractivity contribution in [1.29, 1.82) is 0 Å². The highest BCUT2D eigenvalue weighted by molar-refractivity contribution is 4.87. The summed E-state index contributed by atoms with van der Waals surface area (Å²) in [6, 6.07) is 0.782. The normalized spacial score (nSPS) is 30.9. The summed E-state index contributed by atoms with van der Waals surface area (Å²) in [5, 5.41) is 3.83. The Hall–Kier alpha value is -0.0800. The average Bonchev–Trinajstić information content (AvgIpc) is 3.22. The van der Waals surface area contributed by atoms with Gasteiger partial charge in [0.05, 0.1) is 0 Å². The standard InChI is InChI=1S/C18H36N2/c1-4-10-19-18-9-6-15(3)12-17(18)14-20(11-5-2)13-16-7-8-16/h15-19H,4-14H2,1-3H3. The van der Waals surface area contributed by atoms with E-state index in [4.69, 9.17) is 0 Å². The topological polar surface area (TPSA) is 15.3 Å². The Morgan fingerprint density at radius 3 is 2.45 bits per heavy atom. The maximum atomic E-state index is 3.83. The summed E-state index contributed by atoms with van der Waals surface area (Å²) in [6.07, 6.45) is 9.80. The Labute approximate surface area is 126 Å². The van der Waals surface area contributed by atoms with Crippen LogP contribution < -0.4 is 5.32 Å². The number of nitrogens with one attached hydrogen (secondary N) is 1. The SMILES string of the molecule is CCCNC1CCC(C)CC1CN(CCC)CC1CC1. The van der Waals surface area contributed by atoms with Crippen molar-refractivity contribution in [2.75, 3.05) is 26.2 Å². The first-order chi connectivity index (χ1) is 9.72. The van der Waals surface area contributed by atoms with Crippen LogP contribution in [-0.4, -0.2) is 37.1 Å². The van der Waals surface area contributed by atoms with Crippen molar-refractivity contribution in [2.24, 2.45) is 17.8 Å². The highest BCUT2D eigenvalue weighted by Crippen LogP contribution is 2.33. The van der Waals surface area contributed by atoms with E-state index < -0.39 is 0 Å². The second-order valence-electron chi connectivity index (χ2n) is 7.44. The lowest BCUT2D eigenvalue weighted by molar-refractivity contribution is 0.141. The third-order valence-corrected chi connectivity index (χ3v) is 5.15. The quantitative estimate of drug-likeness (QED) is 0.689. The maximum Gasteiger partial charge on any atom is 0.0108 e. The molecule has 2 saturated carbocycles. The molecule has 2 nitrogen and oxygen atoms in total. The molecule has 118 valence electrons. The Kier molecular flexibility index (Phi) is 6.83. The van der Waals surface area contributed by atoms with Crippen molar-refractivity contribution >= 4 is 0 Å². The van der Waals surface area contributed by atoms with Crippen LogP contribution in [0, 0.1) is 17.8 Å². The van der Waals surface area contributed by atoms with Crippen LogP contribution in [0.3, 0.4) is 0 Å². The van der Waals surface area contributed by atoms with Crippen molar-refractivity contribution in [3.05, 3.63) is 0 Å².